The molecule has 1 saturated carbocycles. The fourth-order valence-corrected chi connectivity index (χ4v) is 5.47. The third-order valence-electron chi connectivity index (χ3n) is 6.08. The molecule has 0 radical (unpaired) electrons. The number of ether oxygens (including phenoxy) is 2. The maximum absolute atomic E-state index is 13.3. The van der Waals surface area contributed by atoms with E-state index in [0.717, 1.165) is 0 Å². The molecule has 1 N–H and O–H groups in total. The van der Waals surface area contributed by atoms with Gasteiger partial charge in [-0.1, -0.05) is 0 Å². The van der Waals surface area contributed by atoms with E-state index in [2.05, 4.69) is 30.9 Å². The molecule has 12 nitrogen and oxygen atoms in total. The van der Waals surface area contributed by atoms with Crippen molar-refractivity contribution in [3.05, 3.63) is 24.4 Å². The molecule has 0 aromatic carbocycles. The third kappa shape index (κ3) is 4.03. The van der Waals surface area contributed by atoms with Crippen LogP contribution >= 0.6 is 0 Å². The standard InChI is InChI=1S/C21H25N7O5S/c1-13-10-32-15(11-31-3)8-27(13)17-6-16(34(29,30)26-21(12-22)4-5-21)9-28-18(7-23-19(17)28)20-25-24-14(2)33-20/h6-7,9,13,15,26H,4-5,8,10-11H2,1-3H3/t13-,15+/m0/s1. The zero-order chi connectivity index (χ0) is 24.1. The molecular weight excluding hydrogens is 462 g/mol. The van der Waals surface area contributed by atoms with Crippen LogP contribution in [0, 0.1) is 18.3 Å². The van der Waals surface area contributed by atoms with E-state index in [4.69, 9.17) is 13.9 Å². The van der Waals surface area contributed by atoms with Gasteiger partial charge >= 0.3 is 0 Å². The maximum Gasteiger partial charge on any atom is 0.266 e. The number of hydrogen-bond acceptors (Lipinski definition) is 10. The van der Waals surface area contributed by atoms with Crippen LogP contribution in [0.1, 0.15) is 25.7 Å². The van der Waals surface area contributed by atoms with Crippen LogP contribution in [0.15, 0.2) is 27.8 Å². The number of sulfonamides is 1. The van der Waals surface area contributed by atoms with Gasteiger partial charge in [0, 0.05) is 32.8 Å². The number of aromatic nitrogens is 4. The number of morpholine rings is 1. The first-order valence-electron chi connectivity index (χ1n) is 10.9. The first-order valence-corrected chi connectivity index (χ1v) is 12.4. The monoisotopic (exact) mass is 487 g/mol. The van der Waals surface area contributed by atoms with E-state index in [1.165, 1.54) is 6.20 Å². The van der Waals surface area contributed by atoms with Crippen molar-refractivity contribution < 1.29 is 22.3 Å². The number of aryl methyl sites for hydroxylation is 1. The minimum Gasteiger partial charge on any atom is -0.420 e. The van der Waals surface area contributed by atoms with Crippen molar-refractivity contribution in [2.75, 3.05) is 31.8 Å². The quantitative estimate of drug-likeness (QED) is 0.516. The smallest absolute Gasteiger partial charge is 0.266 e. The van der Waals surface area contributed by atoms with Gasteiger partial charge in [0.15, 0.2) is 5.65 Å². The van der Waals surface area contributed by atoms with Gasteiger partial charge in [-0.05, 0) is 25.8 Å². The molecule has 2 aliphatic rings. The molecule has 5 rings (SSSR count). The lowest BCUT2D eigenvalue weighted by Gasteiger charge is -2.39. The van der Waals surface area contributed by atoms with Gasteiger partial charge in [-0.15, -0.1) is 10.2 Å². The Labute approximate surface area is 196 Å². The zero-order valence-corrected chi connectivity index (χ0v) is 19.9. The lowest BCUT2D eigenvalue weighted by molar-refractivity contribution is -0.0221. The van der Waals surface area contributed by atoms with Crippen LogP contribution in [0.2, 0.25) is 0 Å². The summed E-state index contributed by atoms with van der Waals surface area (Å²) >= 11 is 0. The second kappa shape index (κ2) is 8.31. The highest BCUT2D eigenvalue weighted by molar-refractivity contribution is 7.89. The lowest BCUT2D eigenvalue weighted by Crippen LogP contribution is -2.50. The molecule has 0 spiro atoms. The number of fused-ring (bicyclic) bond motifs is 1. The van der Waals surface area contributed by atoms with Gasteiger partial charge in [-0.25, -0.2) is 13.4 Å². The number of imidazole rings is 1. The van der Waals surface area contributed by atoms with Gasteiger partial charge < -0.3 is 18.8 Å². The molecule has 0 bridgehead atoms. The molecule has 34 heavy (non-hydrogen) atoms. The molecule has 1 aliphatic carbocycles. The first kappa shape index (κ1) is 22.7. The van der Waals surface area contributed by atoms with Crippen LogP contribution in [-0.2, 0) is 19.5 Å². The van der Waals surface area contributed by atoms with E-state index in [1.54, 1.807) is 30.7 Å². The number of nitrogens with zero attached hydrogens (tertiary/aromatic N) is 6. The van der Waals surface area contributed by atoms with E-state index in [1.807, 2.05) is 6.92 Å². The van der Waals surface area contributed by atoms with Gasteiger partial charge in [0.05, 0.1) is 37.3 Å². The van der Waals surface area contributed by atoms with Crippen molar-refractivity contribution in [1.82, 2.24) is 24.3 Å². The highest BCUT2D eigenvalue weighted by atomic mass is 32.2. The molecule has 2 atom stereocenters. The summed E-state index contributed by atoms with van der Waals surface area (Å²) in [5.41, 5.74) is 0.565. The largest absolute Gasteiger partial charge is 0.420 e. The summed E-state index contributed by atoms with van der Waals surface area (Å²) in [6.07, 6.45) is 3.82. The first-order chi connectivity index (χ1) is 16.2. The average molecular weight is 488 g/mol. The van der Waals surface area contributed by atoms with Gasteiger partial charge in [0.1, 0.15) is 16.1 Å². The van der Waals surface area contributed by atoms with E-state index in [9.17, 15) is 13.7 Å². The Balaban J connectivity index is 1.66. The Morgan fingerprint density at radius 1 is 1.38 bits per heavy atom. The minimum atomic E-state index is -4.00. The van der Waals surface area contributed by atoms with Crippen molar-refractivity contribution in [2.45, 2.75) is 49.3 Å². The van der Waals surface area contributed by atoms with Gasteiger partial charge in [0.2, 0.25) is 15.9 Å². The van der Waals surface area contributed by atoms with Gasteiger partial charge in [-0.2, -0.15) is 9.98 Å². The molecule has 2 fully saturated rings. The summed E-state index contributed by atoms with van der Waals surface area (Å²) in [6.45, 7) is 5.02. The number of methoxy groups -OCH3 is 1. The second-order valence-corrected chi connectivity index (χ2v) is 10.4. The number of nitrogens with one attached hydrogen (secondary N) is 1. The van der Waals surface area contributed by atoms with Gasteiger partial charge in [-0.3, -0.25) is 4.40 Å². The van der Waals surface area contributed by atoms with Crippen LogP contribution in [0.3, 0.4) is 0 Å². The number of anilines is 1. The van der Waals surface area contributed by atoms with E-state index in [0.29, 0.717) is 55.5 Å². The van der Waals surface area contributed by atoms with Crippen LogP contribution in [0.25, 0.3) is 17.2 Å². The summed E-state index contributed by atoms with van der Waals surface area (Å²) in [4.78, 5) is 6.64. The Morgan fingerprint density at radius 3 is 2.82 bits per heavy atom. The lowest BCUT2D eigenvalue weighted by atomic mass is 10.1. The normalized spacial score (nSPS) is 22.1. The van der Waals surface area contributed by atoms with Crippen molar-refractivity contribution in [3.63, 3.8) is 0 Å². The van der Waals surface area contributed by atoms with Crippen LogP contribution < -0.4 is 9.62 Å². The number of rotatable bonds is 7. The average Bonchev–Trinajstić information content (AvgIpc) is 3.22. The zero-order valence-electron chi connectivity index (χ0n) is 19.1. The molecule has 1 aliphatic heterocycles. The molecule has 3 aromatic rings. The molecule has 180 valence electrons. The van der Waals surface area contributed by atoms with E-state index in [-0.39, 0.29) is 22.9 Å². The van der Waals surface area contributed by atoms with E-state index < -0.39 is 15.6 Å². The molecule has 0 unspecified atom stereocenters. The topological polar surface area (TPSA) is 148 Å². The van der Waals surface area contributed by atoms with Crippen molar-refractivity contribution in [3.8, 4) is 17.7 Å². The maximum atomic E-state index is 13.3. The number of pyridine rings is 1. The Bertz CT molecular complexity index is 1370. The summed E-state index contributed by atoms with van der Waals surface area (Å²) in [5.74, 6) is 0.603. The predicted octanol–water partition coefficient (Wildman–Crippen LogP) is 1.27. The predicted molar refractivity (Wildman–Crippen MR) is 120 cm³/mol. The highest BCUT2D eigenvalue weighted by Crippen LogP contribution is 2.37. The molecule has 3 aromatic heterocycles. The van der Waals surface area contributed by atoms with E-state index >= 15 is 0 Å². The number of hydrogen-bond donors (Lipinski definition) is 1. The fraction of sp³-hybridized carbons (Fsp3) is 0.524. The van der Waals surface area contributed by atoms with Crippen molar-refractivity contribution in [2.24, 2.45) is 0 Å². The van der Waals surface area contributed by atoms with Crippen LogP contribution in [-0.4, -0.2) is 72.6 Å². The Kier molecular flexibility index (Phi) is 5.56. The third-order valence-corrected chi connectivity index (χ3v) is 7.58. The highest BCUT2D eigenvalue weighted by Gasteiger charge is 2.47. The molecular formula is C21H25N7O5S. The minimum absolute atomic E-state index is 0.00833. The van der Waals surface area contributed by atoms with Crippen LogP contribution in [0.5, 0.6) is 0 Å². The summed E-state index contributed by atoms with van der Waals surface area (Å²) in [7, 11) is -2.39. The van der Waals surface area contributed by atoms with Crippen molar-refractivity contribution in [1.29, 1.82) is 5.26 Å². The molecule has 0 amide bonds. The molecule has 4 heterocycles. The Hall–Kier alpha value is -3.05. The van der Waals surface area contributed by atoms with Crippen LogP contribution in [0.4, 0.5) is 5.69 Å². The van der Waals surface area contributed by atoms with Crippen molar-refractivity contribution >= 4 is 21.4 Å². The molecule has 13 heteroatoms. The SMILES string of the molecule is COC[C@H]1CN(c2cc(S(=O)(=O)NC3(C#N)CC3)cn3c(-c4nnc(C)o4)cnc23)[C@@H](C)CO1. The fourth-order valence-electron chi connectivity index (χ4n) is 4.08. The molecule has 1 saturated heterocycles. The van der Waals surface area contributed by atoms with Gasteiger partial charge in [0.25, 0.3) is 5.89 Å². The Morgan fingerprint density at radius 2 is 2.18 bits per heavy atom. The number of nitriles is 1. The summed E-state index contributed by atoms with van der Waals surface area (Å²) in [6, 6.07) is 3.62. The second-order valence-electron chi connectivity index (χ2n) is 8.74. The summed E-state index contributed by atoms with van der Waals surface area (Å²) in [5, 5.41) is 17.4. The summed E-state index contributed by atoms with van der Waals surface area (Å²) < 4.78 is 47.6.